The maximum absolute atomic E-state index is 12.9. The molecule has 1 aliphatic rings. The Balaban J connectivity index is 1.64. The van der Waals surface area contributed by atoms with E-state index in [1.54, 1.807) is 12.1 Å². The predicted molar refractivity (Wildman–Crippen MR) is 80.6 cm³/mol. The lowest BCUT2D eigenvalue weighted by Gasteiger charge is -2.17. The quantitative estimate of drug-likeness (QED) is 0.920. The van der Waals surface area contributed by atoms with E-state index >= 15 is 0 Å². The minimum atomic E-state index is -0.280. The van der Waals surface area contributed by atoms with E-state index < -0.39 is 0 Å². The summed E-state index contributed by atoms with van der Waals surface area (Å²) in [7, 11) is 0. The van der Waals surface area contributed by atoms with Gasteiger partial charge in [0.15, 0.2) is 0 Å². The first-order chi connectivity index (χ1) is 10.1. The van der Waals surface area contributed by atoms with Crippen molar-refractivity contribution in [3.8, 4) is 0 Å². The second kappa shape index (κ2) is 5.68. The Bertz CT molecular complexity index is 626. The molecule has 0 heterocycles. The van der Waals surface area contributed by atoms with Crippen LogP contribution in [0.3, 0.4) is 0 Å². The van der Waals surface area contributed by atoms with E-state index in [2.05, 4.69) is 17.4 Å². The molecule has 0 spiro atoms. The number of halogens is 1. The second-order valence-corrected chi connectivity index (χ2v) is 5.66. The second-order valence-electron chi connectivity index (χ2n) is 5.66. The summed E-state index contributed by atoms with van der Waals surface area (Å²) in [6, 6.07) is 14.6. The third-order valence-electron chi connectivity index (χ3n) is 4.16. The molecule has 3 rings (SSSR count). The molecule has 3 heteroatoms. The number of amides is 1. The van der Waals surface area contributed by atoms with E-state index in [0.29, 0.717) is 0 Å². The summed E-state index contributed by atoms with van der Waals surface area (Å²) >= 11 is 0. The van der Waals surface area contributed by atoms with Gasteiger partial charge in [0.2, 0.25) is 5.91 Å². The zero-order chi connectivity index (χ0) is 14.8. The van der Waals surface area contributed by atoms with Crippen LogP contribution in [0.1, 0.15) is 29.5 Å². The zero-order valence-corrected chi connectivity index (χ0v) is 12.0. The van der Waals surface area contributed by atoms with Gasteiger partial charge >= 0.3 is 0 Å². The third-order valence-corrected chi connectivity index (χ3v) is 4.16. The average molecular weight is 283 g/mol. The lowest BCUT2D eigenvalue weighted by molar-refractivity contribution is -0.122. The van der Waals surface area contributed by atoms with Crippen molar-refractivity contribution in [3.63, 3.8) is 0 Å². The fourth-order valence-electron chi connectivity index (χ4n) is 2.89. The van der Waals surface area contributed by atoms with Crippen molar-refractivity contribution in [1.82, 2.24) is 5.32 Å². The molecule has 0 aliphatic heterocycles. The average Bonchev–Trinajstić information content (AvgIpc) is 2.89. The van der Waals surface area contributed by atoms with Crippen LogP contribution in [0.25, 0.3) is 0 Å². The number of hydrogen-bond donors (Lipinski definition) is 1. The van der Waals surface area contributed by atoms with Crippen LogP contribution < -0.4 is 5.32 Å². The Morgan fingerprint density at radius 3 is 2.24 bits per heavy atom. The molecule has 0 saturated heterocycles. The van der Waals surface area contributed by atoms with E-state index in [1.807, 2.05) is 19.1 Å². The van der Waals surface area contributed by atoms with Gasteiger partial charge in [-0.3, -0.25) is 4.79 Å². The largest absolute Gasteiger partial charge is 0.352 e. The van der Waals surface area contributed by atoms with Crippen LogP contribution in [-0.2, 0) is 17.6 Å². The van der Waals surface area contributed by atoms with Crippen LogP contribution in [0.2, 0.25) is 0 Å². The number of rotatable bonds is 3. The van der Waals surface area contributed by atoms with Crippen LogP contribution in [0.15, 0.2) is 48.5 Å². The van der Waals surface area contributed by atoms with Crippen molar-refractivity contribution in [1.29, 1.82) is 0 Å². The van der Waals surface area contributed by atoms with Gasteiger partial charge in [-0.1, -0.05) is 36.4 Å². The molecule has 108 valence electrons. The molecular formula is C18H18FNO. The SMILES string of the molecule is C[C@@H](C(=O)NC1Cc2ccccc2C1)c1ccc(F)cc1. The first-order valence-corrected chi connectivity index (χ1v) is 7.26. The summed E-state index contributed by atoms with van der Waals surface area (Å²) < 4.78 is 12.9. The maximum Gasteiger partial charge on any atom is 0.227 e. The number of nitrogens with one attached hydrogen (secondary N) is 1. The fraction of sp³-hybridized carbons (Fsp3) is 0.278. The highest BCUT2D eigenvalue weighted by Crippen LogP contribution is 2.23. The van der Waals surface area contributed by atoms with Crippen molar-refractivity contribution in [3.05, 3.63) is 71.0 Å². The van der Waals surface area contributed by atoms with Crippen LogP contribution in [0, 0.1) is 5.82 Å². The molecule has 1 amide bonds. The molecule has 0 unspecified atom stereocenters. The molecular weight excluding hydrogens is 265 g/mol. The Morgan fingerprint density at radius 1 is 1.10 bits per heavy atom. The summed E-state index contributed by atoms with van der Waals surface area (Å²) in [5, 5.41) is 3.11. The van der Waals surface area contributed by atoms with Crippen molar-refractivity contribution in [2.45, 2.75) is 31.7 Å². The number of carbonyl (C=O) groups excluding carboxylic acids is 1. The Hall–Kier alpha value is -2.16. The van der Waals surface area contributed by atoms with Gasteiger partial charge in [-0.15, -0.1) is 0 Å². The van der Waals surface area contributed by atoms with Gasteiger partial charge in [-0.05, 0) is 48.6 Å². The van der Waals surface area contributed by atoms with Gasteiger partial charge in [0, 0.05) is 6.04 Å². The van der Waals surface area contributed by atoms with Gasteiger partial charge in [0.25, 0.3) is 0 Å². The van der Waals surface area contributed by atoms with Gasteiger partial charge in [-0.25, -0.2) is 4.39 Å². The van der Waals surface area contributed by atoms with Crippen LogP contribution in [0.5, 0.6) is 0 Å². The smallest absolute Gasteiger partial charge is 0.227 e. The highest BCUT2D eigenvalue weighted by Gasteiger charge is 2.24. The normalized spacial score (nSPS) is 15.5. The minimum absolute atomic E-state index is 0.000542. The number of benzene rings is 2. The van der Waals surface area contributed by atoms with Crippen molar-refractivity contribution < 1.29 is 9.18 Å². The molecule has 2 aromatic carbocycles. The summed E-state index contributed by atoms with van der Waals surface area (Å²) in [5.41, 5.74) is 3.47. The molecule has 21 heavy (non-hydrogen) atoms. The molecule has 0 saturated carbocycles. The van der Waals surface area contributed by atoms with Gasteiger partial charge in [0.1, 0.15) is 5.82 Å². The van der Waals surface area contributed by atoms with Gasteiger partial charge < -0.3 is 5.32 Å². The Kier molecular flexibility index (Phi) is 3.74. The van der Waals surface area contributed by atoms with E-state index in [4.69, 9.17) is 0 Å². The molecule has 0 bridgehead atoms. The molecule has 0 aromatic heterocycles. The lowest BCUT2D eigenvalue weighted by Crippen LogP contribution is -2.37. The van der Waals surface area contributed by atoms with Gasteiger partial charge in [0.05, 0.1) is 5.92 Å². The summed E-state index contributed by atoms with van der Waals surface area (Å²) in [5.74, 6) is -0.550. The summed E-state index contributed by atoms with van der Waals surface area (Å²) in [6.45, 7) is 1.85. The monoisotopic (exact) mass is 283 g/mol. The minimum Gasteiger partial charge on any atom is -0.352 e. The van der Waals surface area contributed by atoms with E-state index in [0.717, 1.165) is 18.4 Å². The highest BCUT2D eigenvalue weighted by molar-refractivity contribution is 5.83. The van der Waals surface area contributed by atoms with Crippen molar-refractivity contribution >= 4 is 5.91 Å². The topological polar surface area (TPSA) is 29.1 Å². The predicted octanol–water partition coefficient (Wildman–Crippen LogP) is 3.21. The fourth-order valence-corrected chi connectivity index (χ4v) is 2.89. The summed E-state index contributed by atoms with van der Waals surface area (Å²) in [4.78, 5) is 12.3. The first-order valence-electron chi connectivity index (χ1n) is 7.26. The summed E-state index contributed by atoms with van der Waals surface area (Å²) in [6.07, 6.45) is 1.77. The van der Waals surface area contributed by atoms with Crippen molar-refractivity contribution in [2.24, 2.45) is 0 Å². The third kappa shape index (κ3) is 2.97. The first kappa shape index (κ1) is 13.8. The zero-order valence-electron chi connectivity index (χ0n) is 12.0. The van der Waals surface area contributed by atoms with Crippen molar-refractivity contribution in [2.75, 3.05) is 0 Å². The molecule has 2 aromatic rings. The molecule has 1 atom stereocenters. The number of hydrogen-bond acceptors (Lipinski definition) is 1. The van der Waals surface area contributed by atoms with E-state index in [9.17, 15) is 9.18 Å². The molecule has 1 aliphatic carbocycles. The number of fused-ring (bicyclic) bond motifs is 1. The van der Waals surface area contributed by atoms with Crippen LogP contribution in [0.4, 0.5) is 4.39 Å². The maximum atomic E-state index is 12.9. The van der Waals surface area contributed by atoms with Crippen LogP contribution >= 0.6 is 0 Å². The number of carbonyl (C=O) groups is 1. The lowest BCUT2D eigenvalue weighted by atomic mass is 10.00. The highest BCUT2D eigenvalue weighted by atomic mass is 19.1. The molecule has 1 N–H and O–H groups in total. The Labute approximate surface area is 124 Å². The van der Waals surface area contributed by atoms with Gasteiger partial charge in [-0.2, -0.15) is 0 Å². The molecule has 2 nitrogen and oxygen atoms in total. The standard InChI is InChI=1S/C18H18FNO/c1-12(13-6-8-16(19)9-7-13)18(21)20-17-10-14-4-2-3-5-15(14)11-17/h2-9,12,17H,10-11H2,1H3,(H,20,21)/t12-/m1/s1. The van der Waals surface area contributed by atoms with E-state index in [-0.39, 0.29) is 23.7 Å². The molecule has 0 fully saturated rings. The molecule has 0 radical (unpaired) electrons. The van der Waals surface area contributed by atoms with E-state index in [1.165, 1.54) is 23.3 Å². The van der Waals surface area contributed by atoms with Crippen LogP contribution in [-0.4, -0.2) is 11.9 Å². The Morgan fingerprint density at radius 2 is 1.67 bits per heavy atom.